The Bertz CT molecular complexity index is 997. The molecule has 162 valence electrons. The van der Waals surface area contributed by atoms with Gasteiger partial charge in [-0.25, -0.2) is 0 Å². The van der Waals surface area contributed by atoms with Crippen molar-refractivity contribution in [1.82, 2.24) is 0 Å². The number of carbonyl (C=O) groups is 1. The van der Waals surface area contributed by atoms with Crippen molar-refractivity contribution in [3.05, 3.63) is 57.6 Å². The molecule has 2 aromatic rings. The number of carboxylic acid groups (broad SMARTS) is 1. The van der Waals surface area contributed by atoms with Crippen LogP contribution < -0.4 is 9.47 Å². The van der Waals surface area contributed by atoms with E-state index in [0.717, 1.165) is 17.7 Å². The summed E-state index contributed by atoms with van der Waals surface area (Å²) in [5, 5.41) is 9.78. The smallest absolute Gasteiger partial charge is 0.419 e. The van der Waals surface area contributed by atoms with E-state index < -0.39 is 34.5 Å². The van der Waals surface area contributed by atoms with E-state index in [9.17, 15) is 23.1 Å². The number of rotatable bonds is 5. The van der Waals surface area contributed by atoms with Gasteiger partial charge in [-0.2, -0.15) is 13.2 Å². The molecule has 0 saturated carbocycles. The second-order valence-electron chi connectivity index (χ2n) is 8.52. The van der Waals surface area contributed by atoms with Crippen LogP contribution in [0.4, 0.5) is 13.2 Å². The average molecular weight is 443 g/mol. The Morgan fingerprint density at radius 3 is 2.50 bits per heavy atom. The molecule has 2 aromatic carbocycles. The minimum Gasteiger partial charge on any atom is -0.488 e. The van der Waals surface area contributed by atoms with Gasteiger partial charge in [0.2, 0.25) is 0 Å². The van der Waals surface area contributed by atoms with Crippen molar-refractivity contribution in [3.8, 4) is 11.5 Å². The van der Waals surface area contributed by atoms with E-state index in [0.29, 0.717) is 22.8 Å². The maximum atomic E-state index is 13.7. The molecular weight excluding hydrogens is 421 g/mol. The van der Waals surface area contributed by atoms with Gasteiger partial charge < -0.3 is 14.6 Å². The summed E-state index contributed by atoms with van der Waals surface area (Å²) in [6, 6.07) is 6.70. The molecule has 0 bridgehead atoms. The molecule has 1 heterocycles. The predicted octanol–water partition coefficient (Wildman–Crippen LogP) is 6.01. The third-order valence-corrected chi connectivity index (χ3v) is 5.34. The van der Waals surface area contributed by atoms with Gasteiger partial charge in [-0.15, -0.1) is 0 Å². The zero-order valence-electron chi connectivity index (χ0n) is 17.0. The van der Waals surface area contributed by atoms with Crippen molar-refractivity contribution < 1.29 is 32.5 Å². The molecule has 0 fully saturated rings. The Kier molecular flexibility index (Phi) is 5.48. The van der Waals surface area contributed by atoms with E-state index in [-0.39, 0.29) is 12.2 Å². The maximum Gasteiger partial charge on any atom is 0.419 e. The van der Waals surface area contributed by atoms with Crippen molar-refractivity contribution in [1.29, 1.82) is 0 Å². The average Bonchev–Trinajstić information content (AvgIpc) is 2.92. The van der Waals surface area contributed by atoms with E-state index in [1.807, 2.05) is 13.8 Å². The SMILES string of the molecule is CC1(C)Cc2cc(Cl)cc(COc3ccc(C(C)(C)C(=O)O)cc3C(F)(F)F)c2O1. The number of ether oxygens (including phenoxy) is 2. The van der Waals surface area contributed by atoms with Crippen molar-refractivity contribution in [2.24, 2.45) is 0 Å². The predicted molar refractivity (Wildman–Crippen MR) is 106 cm³/mol. The highest BCUT2D eigenvalue weighted by Crippen LogP contribution is 2.42. The Balaban J connectivity index is 1.95. The van der Waals surface area contributed by atoms with Crippen LogP contribution in [0.3, 0.4) is 0 Å². The number of halogens is 4. The largest absolute Gasteiger partial charge is 0.488 e. The first-order valence-electron chi connectivity index (χ1n) is 9.29. The van der Waals surface area contributed by atoms with Crippen LogP contribution in [0.5, 0.6) is 11.5 Å². The molecule has 1 N–H and O–H groups in total. The van der Waals surface area contributed by atoms with Crippen LogP contribution in [-0.2, 0) is 29.4 Å². The summed E-state index contributed by atoms with van der Waals surface area (Å²) in [6.45, 7) is 6.34. The van der Waals surface area contributed by atoms with Crippen LogP contribution in [-0.4, -0.2) is 16.7 Å². The normalized spacial score (nSPS) is 15.5. The topological polar surface area (TPSA) is 55.8 Å². The van der Waals surface area contributed by atoms with Crippen LogP contribution in [0.2, 0.25) is 5.02 Å². The van der Waals surface area contributed by atoms with Crippen LogP contribution in [0.15, 0.2) is 30.3 Å². The lowest BCUT2D eigenvalue weighted by atomic mass is 9.84. The lowest BCUT2D eigenvalue weighted by molar-refractivity contribution is -0.143. The van der Waals surface area contributed by atoms with Crippen LogP contribution in [0.1, 0.15) is 49.9 Å². The standard InChI is InChI=1S/C22H22ClF3O4/c1-20(2)10-12-7-15(23)8-13(18(12)30-20)11-29-17-6-5-14(21(3,4)19(27)28)9-16(17)22(24,25)26/h5-9H,10-11H2,1-4H3,(H,27,28). The molecule has 0 radical (unpaired) electrons. The second-order valence-corrected chi connectivity index (χ2v) is 8.96. The Labute approximate surface area is 177 Å². The molecule has 1 aliphatic rings. The first-order chi connectivity index (χ1) is 13.7. The number of hydrogen-bond donors (Lipinski definition) is 1. The van der Waals surface area contributed by atoms with Crippen molar-refractivity contribution in [2.75, 3.05) is 0 Å². The fraction of sp³-hybridized carbons (Fsp3) is 0.409. The minimum absolute atomic E-state index is 0.0309. The first kappa shape index (κ1) is 22.3. The molecule has 0 atom stereocenters. The van der Waals surface area contributed by atoms with Crippen LogP contribution in [0.25, 0.3) is 0 Å². The van der Waals surface area contributed by atoms with Gasteiger partial charge in [0, 0.05) is 17.0 Å². The Morgan fingerprint density at radius 2 is 1.90 bits per heavy atom. The molecule has 0 spiro atoms. The summed E-state index contributed by atoms with van der Waals surface area (Å²) in [7, 11) is 0. The zero-order chi connectivity index (χ0) is 22.5. The molecule has 30 heavy (non-hydrogen) atoms. The van der Waals surface area contributed by atoms with Gasteiger partial charge >= 0.3 is 12.1 Å². The van der Waals surface area contributed by atoms with Gasteiger partial charge in [-0.1, -0.05) is 17.7 Å². The van der Waals surface area contributed by atoms with Crippen molar-refractivity contribution in [3.63, 3.8) is 0 Å². The fourth-order valence-electron chi connectivity index (χ4n) is 3.40. The molecule has 8 heteroatoms. The third kappa shape index (κ3) is 4.36. The summed E-state index contributed by atoms with van der Waals surface area (Å²) in [5.74, 6) is -1.04. The molecule has 4 nitrogen and oxygen atoms in total. The van der Waals surface area contributed by atoms with Crippen LogP contribution in [0, 0.1) is 0 Å². The van der Waals surface area contributed by atoms with Gasteiger partial charge in [-0.3, -0.25) is 4.79 Å². The third-order valence-electron chi connectivity index (χ3n) is 5.13. The fourth-order valence-corrected chi connectivity index (χ4v) is 3.66. The number of benzene rings is 2. The zero-order valence-corrected chi connectivity index (χ0v) is 17.7. The number of hydrogen-bond acceptors (Lipinski definition) is 3. The maximum absolute atomic E-state index is 13.7. The van der Waals surface area contributed by atoms with Crippen molar-refractivity contribution in [2.45, 2.75) is 57.9 Å². The molecule has 0 amide bonds. The number of fused-ring (bicyclic) bond motifs is 1. The highest BCUT2D eigenvalue weighted by molar-refractivity contribution is 6.30. The Morgan fingerprint density at radius 1 is 1.23 bits per heavy atom. The second kappa shape index (κ2) is 7.38. The van der Waals surface area contributed by atoms with Gasteiger partial charge in [0.05, 0.1) is 11.0 Å². The van der Waals surface area contributed by atoms with Gasteiger partial charge in [0.1, 0.15) is 23.7 Å². The van der Waals surface area contributed by atoms with E-state index in [2.05, 4.69) is 0 Å². The van der Waals surface area contributed by atoms with E-state index in [1.54, 1.807) is 12.1 Å². The van der Waals surface area contributed by atoms with Gasteiger partial charge in [-0.05, 0) is 63.1 Å². The highest BCUT2D eigenvalue weighted by atomic mass is 35.5. The molecule has 3 rings (SSSR count). The van der Waals surface area contributed by atoms with E-state index in [1.165, 1.54) is 19.9 Å². The molecule has 0 unspecified atom stereocenters. The van der Waals surface area contributed by atoms with Crippen LogP contribution >= 0.6 is 11.6 Å². The quantitative estimate of drug-likeness (QED) is 0.615. The van der Waals surface area contributed by atoms with Gasteiger partial charge in [0.25, 0.3) is 0 Å². The molecule has 0 aliphatic carbocycles. The molecule has 0 aromatic heterocycles. The van der Waals surface area contributed by atoms with E-state index in [4.69, 9.17) is 21.1 Å². The first-order valence-corrected chi connectivity index (χ1v) is 9.67. The summed E-state index contributed by atoms with van der Waals surface area (Å²) < 4.78 is 52.4. The summed E-state index contributed by atoms with van der Waals surface area (Å²) >= 11 is 6.16. The summed E-state index contributed by atoms with van der Waals surface area (Å²) in [6.07, 6.45) is -4.09. The molecular formula is C22H22ClF3O4. The number of alkyl halides is 3. The molecule has 0 saturated heterocycles. The summed E-state index contributed by atoms with van der Waals surface area (Å²) in [4.78, 5) is 11.4. The van der Waals surface area contributed by atoms with E-state index >= 15 is 0 Å². The minimum atomic E-state index is -4.71. The monoisotopic (exact) mass is 442 g/mol. The van der Waals surface area contributed by atoms with Crippen molar-refractivity contribution >= 4 is 17.6 Å². The Hall–Kier alpha value is -2.41. The highest BCUT2D eigenvalue weighted by Gasteiger charge is 2.38. The lowest BCUT2D eigenvalue weighted by Gasteiger charge is -2.23. The molecule has 1 aliphatic heterocycles. The lowest BCUT2D eigenvalue weighted by Crippen LogP contribution is -2.29. The number of aliphatic carboxylic acids is 1. The van der Waals surface area contributed by atoms with Gasteiger partial charge in [0.15, 0.2) is 0 Å². The number of carboxylic acids is 1. The summed E-state index contributed by atoms with van der Waals surface area (Å²) in [5.41, 5.74) is -1.50.